The highest BCUT2D eigenvalue weighted by Crippen LogP contribution is 2.27. The first-order valence-electron chi connectivity index (χ1n) is 5.13. The van der Waals surface area contributed by atoms with Crippen LogP contribution in [0.15, 0.2) is 41.0 Å². The van der Waals surface area contributed by atoms with E-state index in [0.29, 0.717) is 17.7 Å². The van der Waals surface area contributed by atoms with Crippen molar-refractivity contribution in [3.8, 4) is 11.3 Å². The highest BCUT2D eigenvalue weighted by atomic mass is 16.4. The molecule has 0 aliphatic carbocycles. The Balaban J connectivity index is 2.62. The van der Waals surface area contributed by atoms with Crippen LogP contribution in [0.25, 0.3) is 11.3 Å². The minimum Gasteiger partial charge on any atom is -0.478 e. The fourth-order valence-corrected chi connectivity index (χ4v) is 1.83. The van der Waals surface area contributed by atoms with Crippen LogP contribution in [0.1, 0.15) is 22.8 Å². The third-order valence-electron chi connectivity index (χ3n) is 2.55. The van der Waals surface area contributed by atoms with E-state index in [-0.39, 0.29) is 0 Å². The van der Waals surface area contributed by atoms with Gasteiger partial charge in [0.25, 0.3) is 0 Å². The molecule has 0 aliphatic heterocycles. The predicted octanol–water partition coefficient (Wildman–Crippen LogP) is 3.21. The minimum atomic E-state index is -0.898. The lowest BCUT2D eigenvalue weighted by Crippen LogP contribution is -2.03. The molecule has 0 fully saturated rings. The van der Waals surface area contributed by atoms with Crippen molar-refractivity contribution in [1.82, 2.24) is 0 Å². The number of benzene rings is 1. The first-order chi connectivity index (χ1) is 7.74. The molecule has 0 aliphatic rings. The van der Waals surface area contributed by atoms with Crippen LogP contribution in [0.5, 0.6) is 0 Å². The summed E-state index contributed by atoms with van der Waals surface area (Å²) in [4.78, 5) is 11.1. The lowest BCUT2D eigenvalue weighted by molar-refractivity contribution is 0.0696. The first-order valence-corrected chi connectivity index (χ1v) is 5.13. The summed E-state index contributed by atoms with van der Waals surface area (Å²) in [7, 11) is 0. The second kappa shape index (κ2) is 4.23. The Hall–Kier alpha value is -2.03. The van der Waals surface area contributed by atoms with Gasteiger partial charge in [0.05, 0.1) is 11.8 Å². The van der Waals surface area contributed by atoms with Gasteiger partial charge in [-0.1, -0.05) is 19.1 Å². The van der Waals surface area contributed by atoms with Crippen molar-refractivity contribution in [1.29, 1.82) is 0 Å². The van der Waals surface area contributed by atoms with Crippen LogP contribution < -0.4 is 0 Å². The molecule has 0 bridgehead atoms. The summed E-state index contributed by atoms with van der Waals surface area (Å²) in [5, 5.41) is 9.09. The van der Waals surface area contributed by atoms with E-state index in [1.54, 1.807) is 24.5 Å². The first kappa shape index (κ1) is 10.5. The molecule has 2 aromatic rings. The van der Waals surface area contributed by atoms with Crippen LogP contribution in [-0.2, 0) is 6.42 Å². The Labute approximate surface area is 93.3 Å². The summed E-state index contributed by atoms with van der Waals surface area (Å²) in [5.41, 5.74) is 2.01. The molecule has 3 nitrogen and oxygen atoms in total. The zero-order valence-electron chi connectivity index (χ0n) is 8.93. The van der Waals surface area contributed by atoms with Crippen LogP contribution in [0.3, 0.4) is 0 Å². The molecule has 0 spiro atoms. The summed E-state index contributed by atoms with van der Waals surface area (Å²) < 4.78 is 5.30. The molecule has 0 atom stereocenters. The second-order valence-corrected chi connectivity index (χ2v) is 3.47. The quantitative estimate of drug-likeness (QED) is 0.857. The van der Waals surface area contributed by atoms with E-state index >= 15 is 0 Å². The molecule has 1 N–H and O–H groups in total. The standard InChI is InChI=1S/C13H12O3/c1-2-9-10(12-7-4-8-16-12)5-3-6-11(9)13(14)15/h3-8H,2H2,1H3,(H,14,15). The molecule has 3 heteroatoms. The van der Waals surface area contributed by atoms with E-state index in [1.165, 1.54) is 0 Å². The van der Waals surface area contributed by atoms with Crippen molar-refractivity contribution >= 4 is 5.97 Å². The Morgan fingerprint density at radius 3 is 2.69 bits per heavy atom. The molecule has 1 aromatic carbocycles. The molecule has 0 unspecified atom stereocenters. The smallest absolute Gasteiger partial charge is 0.335 e. The maximum Gasteiger partial charge on any atom is 0.335 e. The summed E-state index contributed by atoms with van der Waals surface area (Å²) in [6.45, 7) is 1.94. The molecule has 2 rings (SSSR count). The van der Waals surface area contributed by atoms with Crippen molar-refractivity contribution in [3.05, 3.63) is 47.7 Å². The van der Waals surface area contributed by atoms with Crippen LogP contribution >= 0.6 is 0 Å². The Morgan fingerprint density at radius 1 is 1.31 bits per heavy atom. The van der Waals surface area contributed by atoms with Gasteiger partial charge in [-0.2, -0.15) is 0 Å². The molecule has 82 valence electrons. The molecule has 1 aromatic heterocycles. The predicted molar refractivity (Wildman–Crippen MR) is 60.5 cm³/mol. The number of carboxylic acid groups (broad SMARTS) is 1. The van der Waals surface area contributed by atoms with E-state index in [4.69, 9.17) is 9.52 Å². The van der Waals surface area contributed by atoms with E-state index in [0.717, 1.165) is 11.1 Å². The molecule has 0 radical (unpaired) electrons. The molecule has 0 saturated heterocycles. The molecular weight excluding hydrogens is 204 g/mol. The van der Waals surface area contributed by atoms with Gasteiger partial charge in [-0.15, -0.1) is 0 Å². The van der Waals surface area contributed by atoms with Gasteiger partial charge in [-0.05, 0) is 30.2 Å². The van der Waals surface area contributed by atoms with Gasteiger partial charge in [0, 0.05) is 5.56 Å². The Kier molecular flexibility index (Phi) is 2.77. The Morgan fingerprint density at radius 2 is 2.12 bits per heavy atom. The monoisotopic (exact) mass is 216 g/mol. The van der Waals surface area contributed by atoms with Gasteiger partial charge < -0.3 is 9.52 Å². The summed E-state index contributed by atoms with van der Waals surface area (Å²) >= 11 is 0. The highest BCUT2D eigenvalue weighted by Gasteiger charge is 2.14. The zero-order valence-corrected chi connectivity index (χ0v) is 8.93. The van der Waals surface area contributed by atoms with Crippen molar-refractivity contribution in [2.24, 2.45) is 0 Å². The third-order valence-corrected chi connectivity index (χ3v) is 2.55. The minimum absolute atomic E-state index is 0.344. The molecule has 16 heavy (non-hydrogen) atoms. The SMILES string of the molecule is CCc1c(C(=O)O)cccc1-c1ccco1. The van der Waals surface area contributed by atoms with Gasteiger partial charge in [0.1, 0.15) is 5.76 Å². The third kappa shape index (κ3) is 1.72. The summed E-state index contributed by atoms with van der Waals surface area (Å²) in [5.74, 6) is -0.190. The van der Waals surface area contributed by atoms with Crippen molar-refractivity contribution in [2.45, 2.75) is 13.3 Å². The van der Waals surface area contributed by atoms with E-state index < -0.39 is 5.97 Å². The number of carboxylic acids is 1. The van der Waals surface area contributed by atoms with Gasteiger partial charge in [0.2, 0.25) is 0 Å². The molecule has 0 saturated carbocycles. The van der Waals surface area contributed by atoms with Crippen molar-refractivity contribution in [3.63, 3.8) is 0 Å². The van der Waals surface area contributed by atoms with E-state index in [1.807, 2.05) is 19.1 Å². The van der Waals surface area contributed by atoms with Crippen LogP contribution in [0.2, 0.25) is 0 Å². The highest BCUT2D eigenvalue weighted by molar-refractivity contribution is 5.91. The topological polar surface area (TPSA) is 50.4 Å². The summed E-state index contributed by atoms with van der Waals surface area (Å²) in [6.07, 6.45) is 2.25. The molecular formula is C13H12O3. The van der Waals surface area contributed by atoms with Crippen LogP contribution in [-0.4, -0.2) is 11.1 Å². The van der Waals surface area contributed by atoms with Gasteiger partial charge in [-0.25, -0.2) is 4.79 Å². The summed E-state index contributed by atoms with van der Waals surface area (Å²) in [6, 6.07) is 8.86. The number of aromatic carboxylic acids is 1. The largest absolute Gasteiger partial charge is 0.478 e. The lowest BCUT2D eigenvalue weighted by atomic mass is 9.97. The van der Waals surface area contributed by atoms with Crippen molar-refractivity contribution < 1.29 is 14.3 Å². The number of rotatable bonds is 3. The van der Waals surface area contributed by atoms with Gasteiger partial charge in [0.15, 0.2) is 0 Å². The number of hydrogen-bond donors (Lipinski definition) is 1. The number of carbonyl (C=O) groups is 1. The fraction of sp³-hybridized carbons (Fsp3) is 0.154. The lowest BCUT2D eigenvalue weighted by Gasteiger charge is -2.08. The van der Waals surface area contributed by atoms with Crippen LogP contribution in [0, 0.1) is 0 Å². The molecule has 0 amide bonds. The van der Waals surface area contributed by atoms with E-state index in [2.05, 4.69) is 0 Å². The van der Waals surface area contributed by atoms with Gasteiger partial charge >= 0.3 is 5.97 Å². The van der Waals surface area contributed by atoms with Gasteiger partial charge in [-0.3, -0.25) is 0 Å². The van der Waals surface area contributed by atoms with Crippen LogP contribution in [0.4, 0.5) is 0 Å². The van der Waals surface area contributed by atoms with E-state index in [9.17, 15) is 4.79 Å². The maximum atomic E-state index is 11.1. The maximum absolute atomic E-state index is 11.1. The number of furan rings is 1. The zero-order chi connectivity index (χ0) is 11.5. The fourth-order valence-electron chi connectivity index (χ4n) is 1.83. The molecule has 1 heterocycles. The Bertz CT molecular complexity index is 498. The average Bonchev–Trinajstić information content (AvgIpc) is 2.81. The average molecular weight is 216 g/mol. The van der Waals surface area contributed by atoms with Crippen molar-refractivity contribution in [2.75, 3.05) is 0 Å². The normalized spacial score (nSPS) is 10.3. The second-order valence-electron chi connectivity index (χ2n) is 3.47. The number of hydrogen-bond acceptors (Lipinski definition) is 2.